The number of benzene rings is 2. The van der Waals surface area contributed by atoms with E-state index in [4.69, 9.17) is 0 Å². The van der Waals surface area contributed by atoms with Crippen LogP contribution in [0.4, 0.5) is 11.5 Å². The van der Waals surface area contributed by atoms with Gasteiger partial charge in [-0.1, -0.05) is 25.3 Å². The maximum atomic E-state index is 12.4. The highest BCUT2D eigenvalue weighted by atomic mass is 16.3. The van der Waals surface area contributed by atoms with E-state index in [2.05, 4.69) is 25.6 Å². The number of hydrogen-bond donors (Lipinski definition) is 4. The van der Waals surface area contributed by atoms with Gasteiger partial charge in [-0.2, -0.15) is 0 Å². The number of fused-ring (bicyclic) bond motifs is 1. The topological polar surface area (TPSA) is 120 Å². The first kappa shape index (κ1) is 24.9. The Morgan fingerprint density at radius 3 is 2.47 bits per heavy atom. The number of aryl methyl sites for hydroxylation is 1. The molecule has 0 spiro atoms. The molecule has 8 nitrogen and oxygen atoms in total. The minimum absolute atomic E-state index is 0.0808. The van der Waals surface area contributed by atoms with Crippen LogP contribution in [0.15, 0.2) is 54.7 Å². The number of imidazole rings is 1. The SMILES string of the molecule is CNc1ccc(-c2nc3cc(NC(=O)c4ccc(C)c(O)c4)ncc3[nH]2)cc1.O=CC1CCCCC1. The molecule has 2 aromatic heterocycles. The van der Waals surface area contributed by atoms with E-state index < -0.39 is 0 Å². The molecule has 0 unspecified atom stereocenters. The number of carbonyl (C=O) groups excluding carboxylic acids is 2. The third-order valence-electron chi connectivity index (χ3n) is 6.37. The van der Waals surface area contributed by atoms with Crippen LogP contribution in [0.1, 0.15) is 48.0 Å². The van der Waals surface area contributed by atoms with Gasteiger partial charge in [-0.15, -0.1) is 0 Å². The number of aldehydes is 1. The first-order valence-electron chi connectivity index (χ1n) is 12.2. The number of rotatable bonds is 5. The van der Waals surface area contributed by atoms with Crippen LogP contribution in [0, 0.1) is 12.8 Å². The third kappa shape index (κ3) is 6.07. The Bertz CT molecular complexity index is 1340. The first-order chi connectivity index (χ1) is 17.5. The van der Waals surface area contributed by atoms with Crippen LogP contribution in [0.2, 0.25) is 0 Å². The molecule has 0 radical (unpaired) electrons. The minimum Gasteiger partial charge on any atom is -0.508 e. The number of phenolic OH excluding ortho intramolecular Hbond substituents is 1. The van der Waals surface area contributed by atoms with E-state index in [1.54, 1.807) is 31.3 Å². The van der Waals surface area contributed by atoms with Crippen molar-refractivity contribution in [2.24, 2.45) is 5.92 Å². The highest BCUT2D eigenvalue weighted by molar-refractivity contribution is 6.04. The van der Waals surface area contributed by atoms with E-state index in [9.17, 15) is 14.7 Å². The predicted octanol–water partition coefficient (Wildman–Crippen LogP) is 5.70. The Balaban J connectivity index is 0.000000325. The number of nitrogens with zero attached hydrogens (tertiary/aromatic N) is 2. The average molecular weight is 486 g/mol. The van der Waals surface area contributed by atoms with Gasteiger partial charge in [-0.25, -0.2) is 9.97 Å². The molecular formula is C28H31N5O3. The molecule has 2 aromatic carbocycles. The molecule has 1 aliphatic carbocycles. The summed E-state index contributed by atoms with van der Waals surface area (Å²) in [5.74, 6) is 1.26. The van der Waals surface area contributed by atoms with Crippen molar-refractivity contribution >= 4 is 34.7 Å². The van der Waals surface area contributed by atoms with E-state index in [-0.39, 0.29) is 11.7 Å². The molecule has 1 amide bonds. The van der Waals surface area contributed by atoms with Gasteiger partial charge in [0.05, 0.1) is 17.2 Å². The van der Waals surface area contributed by atoms with E-state index in [0.717, 1.165) is 41.7 Å². The lowest BCUT2D eigenvalue weighted by Crippen LogP contribution is -2.12. The molecule has 2 heterocycles. The molecule has 1 aliphatic rings. The summed E-state index contributed by atoms with van der Waals surface area (Å²) >= 11 is 0. The predicted molar refractivity (Wildman–Crippen MR) is 142 cm³/mol. The van der Waals surface area contributed by atoms with Crippen molar-refractivity contribution in [3.05, 3.63) is 65.9 Å². The van der Waals surface area contributed by atoms with Crippen molar-refractivity contribution < 1.29 is 14.7 Å². The summed E-state index contributed by atoms with van der Waals surface area (Å²) in [6.45, 7) is 1.77. The van der Waals surface area contributed by atoms with E-state index in [1.807, 2.05) is 31.3 Å². The maximum absolute atomic E-state index is 12.4. The van der Waals surface area contributed by atoms with E-state index in [1.165, 1.54) is 25.3 Å². The second kappa shape index (κ2) is 11.5. The van der Waals surface area contributed by atoms with Crippen LogP contribution < -0.4 is 10.6 Å². The third-order valence-corrected chi connectivity index (χ3v) is 6.37. The Labute approximate surface area is 210 Å². The molecule has 0 bridgehead atoms. The van der Waals surface area contributed by atoms with Gasteiger partial charge in [0.15, 0.2) is 0 Å². The Hall–Kier alpha value is -4.20. The van der Waals surface area contributed by atoms with Gasteiger partial charge in [0, 0.05) is 35.8 Å². The minimum atomic E-state index is -0.347. The molecular weight excluding hydrogens is 454 g/mol. The van der Waals surface area contributed by atoms with Crippen molar-refractivity contribution in [1.29, 1.82) is 0 Å². The smallest absolute Gasteiger partial charge is 0.256 e. The highest BCUT2D eigenvalue weighted by Crippen LogP contribution is 2.24. The molecule has 0 atom stereocenters. The zero-order valence-electron chi connectivity index (χ0n) is 20.5. The van der Waals surface area contributed by atoms with Gasteiger partial charge in [-0.05, 0) is 61.7 Å². The molecule has 4 aromatic rings. The van der Waals surface area contributed by atoms with E-state index in [0.29, 0.717) is 28.4 Å². The van der Waals surface area contributed by atoms with Crippen LogP contribution >= 0.6 is 0 Å². The summed E-state index contributed by atoms with van der Waals surface area (Å²) in [5, 5.41) is 15.6. The molecule has 186 valence electrons. The number of carbonyl (C=O) groups is 2. The fourth-order valence-corrected chi connectivity index (χ4v) is 4.12. The fraction of sp³-hybridized carbons (Fsp3) is 0.286. The van der Waals surface area contributed by atoms with Gasteiger partial charge in [0.1, 0.15) is 23.7 Å². The lowest BCUT2D eigenvalue weighted by Gasteiger charge is -2.14. The second-order valence-electron chi connectivity index (χ2n) is 8.99. The van der Waals surface area contributed by atoms with Crippen LogP contribution in [-0.4, -0.2) is 39.3 Å². The van der Waals surface area contributed by atoms with Crippen molar-refractivity contribution in [1.82, 2.24) is 15.0 Å². The highest BCUT2D eigenvalue weighted by Gasteiger charge is 2.12. The average Bonchev–Trinajstić information content (AvgIpc) is 3.34. The zero-order valence-corrected chi connectivity index (χ0v) is 20.5. The van der Waals surface area contributed by atoms with Gasteiger partial charge in [-0.3, -0.25) is 4.79 Å². The van der Waals surface area contributed by atoms with Gasteiger partial charge in [0.2, 0.25) is 0 Å². The lowest BCUT2D eigenvalue weighted by atomic mass is 9.91. The molecule has 1 fully saturated rings. The number of nitrogens with one attached hydrogen (secondary N) is 3. The number of H-pyrrole nitrogens is 1. The fourth-order valence-electron chi connectivity index (χ4n) is 4.12. The number of pyridine rings is 1. The second-order valence-corrected chi connectivity index (χ2v) is 8.99. The molecule has 0 aliphatic heterocycles. The van der Waals surface area contributed by atoms with Gasteiger partial charge >= 0.3 is 0 Å². The normalized spacial score (nSPS) is 13.5. The number of hydrogen-bond acceptors (Lipinski definition) is 6. The number of anilines is 2. The summed E-state index contributed by atoms with van der Waals surface area (Å²) in [6.07, 6.45) is 8.90. The van der Waals surface area contributed by atoms with Crippen LogP contribution in [0.25, 0.3) is 22.4 Å². The van der Waals surface area contributed by atoms with Crippen molar-refractivity contribution in [2.75, 3.05) is 17.7 Å². The van der Waals surface area contributed by atoms with Crippen LogP contribution in [0.5, 0.6) is 5.75 Å². The number of amides is 1. The number of aromatic nitrogens is 3. The lowest BCUT2D eigenvalue weighted by molar-refractivity contribution is -0.111. The summed E-state index contributed by atoms with van der Waals surface area (Å²) in [6, 6.07) is 14.4. The molecule has 8 heteroatoms. The largest absolute Gasteiger partial charge is 0.508 e. The van der Waals surface area contributed by atoms with Crippen molar-refractivity contribution in [3.63, 3.8) is 0 Å². The first-order valence-corrected chi connectivity index (χ1v) is 12.2. The molecule has 36 heavy (non-hydrogen) atoms. The maximum Gasteiger partial charge on any atom is 0.256 e. The van der Waals surface area contributed by atoms with Crippen LogP contribution in [-0.2, 0) is 4.79 Å². The number of phenols is 1. The Morgan fingerprint density at radius 1 is 1.08 bits per heavy atom. The molecule has 5 rings (SSSR count). The van der Waals surface area contributed by atoms with Crippen LogP contribution in [0.3, 0.4) is 0 Å². The quantitative estimate of drug-likeness (QED) is 0.269. The molecule has 4 N–H and O–H groups in total. The van der Waals surface area contributed by atoms with Gasteiger partial charge in [0.25, 0.3) is 5.91 Å². The van der Waals surface area contributed by atoms with Crippen molar-refractivity contribution in [3.8, 4) is 17.1 Å². The number of aromatic hydroxyl groups is 1. The van der Waals surface area contributed by atoms with Crippen molar-refractivity contribution in [2.45, 2.75) is 39.0 Å². The molecule has 0 saturated heterocycles. The van der Waals surface area contributed by atoms with Gasteiger partial charge < -0.3 is 25.5 Å². The zero-order chi connectivity index (χ0) is 25.5. The Kier molecular flexibility index (Phi) is 7.95. The summed E-state index contributed by atoms with van der Waals surface area (Å²) in [7, 11) is 1.87. The summed E-state index contributed by atoms with van der Waals surface area (Å²) in [5.41, 5.74) is 4.52. The summed E-state index contributed by atoms with van der Waals surface area (Å²) in [4.78, 5) is 34.7. The Morgan fingerprint density at radius 2 is 1.83 bits per heavy atom. The standard InChI is InChI=1S/C21H19N5O2.C7H12O/c1-12-3-4-14(9-18(12)27)21(28)26-19-10-16-17(11-23-19)25-20(24-16)13-5-7-15(22-2)8-6-13;8-6-7-4-2-1-3-5-7/h3-11,22,27H,1-2H3,(H,24,25)(H,23,26,28);6-7H,1-5H2. The molecule has 1 saturated carbocycles. The van der Waals surface area contributed by atoms with E-state index >= 15 is 0 Å². The summed E-state index contributed by atoms with van der Waals surface area (Å²) < 4.78 is 0. The monoisotopic (exact) mass is 485 g/mol. The number of aromatic amines is 1.